The van der Waals surface area contributed by atoms with Crippen LogP contribution in [0.5, 0.6) is 0 Å². The Labute approximate surface area is 81.2 Å². The van der Waals surface area contributed by atoms with Gasteiger partial charge in [0, 0.05) is 12.8 Å². The summed E-state index contributed by atoms with van der Waals surface area (Å²) in [4.78, 5) is 11.2. The first-order chi connectivity index (χ1) is 6.39. The van der Waals surface area contributed by atoms with Crippen LogP contribution in [0, 0.1) is 0 Å². The minimum Gasteiger partial charge on any atom is -0.299 e. The fraction of sp³-hybridized carbons (Fsp3) is 0.750. The minimum absolute atomic E-state index is 0.414. The van der Waals surface area contributed by atoms with E-state index in [9.17, 15) is 4.79 Å². The van der Waals surface area contributed by atoms with Crippen molar-refractivity contribution in [3.05, 3.63) is 12.2 Å². The van der Waals surface area contributed by atoms with Crippen LogP contribution in [0.3, 0.4) is 0 Å². The third-order valence-corrected chi connectivity index (χ3v) is 2.59. The van der Waals surface area contributed by atoms with Gasteiger partial charge in [-0.1, -0.05) is 37.8 Å². The van der Waals surface area contributed by atoms with Gasteiger partial charge in [0.1, 0.15) is 5.78 Å². The van der Waals surface area contributed by atoms with Crippen LogP contribution in [0.15, 0.2) is 12.2 Å². The Morgan fingerprint density at radius 3 is 2.38 bits per heavy atom. The van der Waals surface area contributed by atoms with Gasteiger partial charge in [0.05, 0.1) is 0 Å². The Morgan fingerprint density at radius 2 is 1.54 bits per heavy atom. The molecule has 0 saturated carbocycles. The van der Waals surface area contributed by atoms with Crippen molar-refractivity contribution in [3.63, 3.8) is 0 Å². The molecule has 0 radical (unpaired) electrons. The van der Waals surface area contributed by atoms with E-state index in [1.807, 2.05) is 6.08 Å². The lowest BCUT2D eigenvalue weighted by molar-refractivity contribution is -0.118. The summed E-state index contributed by atoms with van der Waals surface area (Å²) in [5.41, 5.74) is 0. The van der Waals surface area contributed by atoms with Crippen molar-refractivity contribution in [2.75, 3.05) is 0 Å². The highest BCUT2D eigenvalue weighted by molar-refractivity contribution is 5.79. The molecule has 0 amide bonds. The van der Waals surface area contributed by atoms with E-state index in [1.54, 1.807) is 0 Å². The van der Waals surface area contributed by atoms with Gasteiger partial charge in [-0.25, -0.2) is 0 Å². The van der Waals surface area contributed by atoms with E-state index in [0.717, 1.165) is 19.3 Å². The fourth-order valence-corrected chi connectivity index (χ4v) is 1.73. The van der Waals surface area contributed by atoms with Crippen molar-refractivity contribution in [2.45, 2.75) is 57.8 Å². The van der Waals surface area contributed by atoms with Gasteiger partial charge in [-0.3, -0.25) is 4.79 Å². The summed E-state index contributed by atoms with van der Waals surface area (Å²) in [5, 5.41) is 0. The molecule has 0 atom stereocenters. The zero-order chi connectivity index (χ0) is 9.36. The van der Waals surface area contributed by atoms with Crippen molar-refractivity contribution in [1.82, 2.24) is 0 Å². The number of hydrogen-bond acceptors (Lipinski definition) is 1. The maximum absolute atomic E-state index is 11.2. The van der Waals surface area contributed by atoms with E-state index in [4.69, 9.17) is 0 Å². The van der Waals surface area contributed by atoms with Crippen LogP contribution in [0.1, 0.15) is 57.8 Å². The molecular formula is C12H20O. The van der Waals surface area contributed by atoms with E-state index in [-0.39, 0.29) is 0 Å². The topological polar surface area (TPSA) is 17.1 Å². The summed E-state index contributed by atoms with van der Waals surface area (Å²) in [6, 6.07) is 0. The lowest BCUT2D eigenvalue weighted by Crippen LogP contribution is -1.95. The molecule has 0 aromatic heterocycles. The van der Waals surface area contributed by atoms with Gasteiger partial charge < -0.3 is 0 Å². The molecule has 0 unspecified atom stereocenters. The van der Waals surface area contributed by atoms with Crippen molar-refractivity contribution < 1.29 is 4.79 Å². The molecule has 13 heavy (non-hydrogen) atoms. The molecular weight excluding hydrogens is 160 g/mol. The predicted octanol–water partition coefficient (Wildman–Crippen LogP) is 3.64. The Bertz CT molecular complexity index is 170. The van der Waals surface area contributed by atoms with Crippen molar-refractivity contribution >= 4 is 5.78 Å². The second-order valence-corrected chi connectivity index (χ2v) is 3.87. The molecule has 0 saturated heterocycles. The van der Waals surface area contributed by atoms with Gasteiger partial charge >= 0.3 is 0 Å². The van der Waals surface area contributed by atoms with E-state index in [1.165, 1.54) is 32.1 Å². The Kier molecular flexibility index (Phi) is 5.55. The molecule has 1 aliphatic carbocycles. The summed E-state index contributed by atoms with van der Waals surface area (Å²) in [5.74, 6) is 0.414. The standard InChI is InChI=1S/C12H20O/c13-12-10-8-6-4-2-1-3-5-7-9-11-12/h6,8H,1-5,7,9-11H2/b8-6-. The summed E-state index contributed by atoms with van der Waals surface area (Å²) < 4.78 is 0. The third kappa shape index (κ3) is 5.62. The van der Waals surface area contributed by atoms with Gasteiger partial charge in [0.25, 0.3) is 0 Å². The molecule has 0 aromatic carbocycles. The highest BCUT2D eigenvalue weighted by Crippen LogP contribution is 2.11. The quantitative estimate of drug-likeness (QED) is 0.520. The lowest BCUT2D eigenvalue weighted by Gasteiger charge is -2.02. The minimum atomic E-state index is 0.414. The first kappa shape index (κ1) is 10.5. The second-order valence-electron chi connectivity index (χ2n) is 3.87. The summed E-state index contributed by atoms with van der Waals surface area (Å²) in [7, 11) is 0. The van der Waals surface area contributed by atoms with Crippen LogP contribution in [-0.4, -0.2) is 5.78 Å². The van der Waals surface area contributed by atoms with Crippen LogP contribution >= 0.6 is 0 Å². The number of rotatable bonds is 0. The van der Waals surface area contributed by atoms with Gasteiger partial charge in [-0.05, 0) is 19.3 Å². The molecule has 0 spiro atoms. The monoisotopic (exact) mass is 180 g/mol. The van der Waals surface area contributed by atoms with Gasteiger partial charge in [-0.2, -0.15) is 0 Å². The van der Waals surface area contributed by atoms with E-state index < -0.39 is 0 Å². The summed E-state index contributed by atoms with van der Waals surface area (Å²) in [6.07, 6.45) is 14.5. The number of Topliss-reactive ketones (excluding diaryl/α,β-unsaturated/α-hetero) is 1. The molecule has 0 heterocycles. The number of carbonyl (C=O) groups excluding carboxylic acids is 1. The van der Waals surface area contributed by atoms with E-state index in [2.05, 4.69) is 6.08 Å². The molecule has 74 valence electrons. The largest absolute Gasteiger partial charge is 0.299 e. The molecule has 0 N–H and O–H groups in total. The van der Waals surface area contributed by atoms with E-state index >= 15 is 0 Å². The predicted molar refractivity (Wildman–Crippen MR) is 55.7 cm³/mol. The van der Waals surface area contributed by atoms with Gasteiger partial charge in [-0.15, -0.1) is 0 Å². The average Bonchev–Trinajstić information content (AvgIpc) is 2.11. The smallest absolute Gasteiger partial charge is 0.136 e. The third-order valence-electron chi connectivity index (χ3n) is 2.59. The maximum atomic E-state index is 11.2. The Hall–Kier alpha value is -0.590. The van der Waals surface area contributed by atoms with Crippen molar-refractivity contribution in [2.24, 2.45) is 0 Å². The van der Waals surface area contributed by atoms with Gasteiger partial charge in [0.2, 0.25) is 0 Å². The highest BCUT2D eigenvalue weighted by atomic mass is 16.1. The SMILES string of the molecule is O=C1C/C=C\CCCCCCCC1. The van der Waals surface area contributed by atoms with Crippen molar-refractivity contribution in [3.8, 4) is 0 Å². The molecule has 1 nitrogen and oxygen atoms in total. The molecule has 0 aliphatic heterocycles. The first-order valence-electron chi connectivity index (χ1n) is 5.56. The zero-order valence-corrected chi connectivity index (χ0v) is 8.43. The first-order valence-corrected chi connectivity index (χ1v) is 5.56. The summed E-state index contributed by atoms with van der Waals surface area (Å²) in [6.45, 7) is 0. The van der Waals surface area contributed by atoms with Crippen LogP contribution < -0.4 is 0 Å². The lowest BCUT2D eigenvalue weighted by atomic mass is 10.0. The Morgan fingerprint density at radius 1 is 0.846 bits per heavy atom. The zero-order valence-electron chi connectivity index (χ0n) is 8.43. The summed E-state index contributed by atoms with van der Waals surface area (Å²) >= 11 is 0. The Balaban J connectivity index is 2.26. The number of ketones is 1. The molecule has 1 heteroatoms. The maximum Gasteiger partial charge on any atom is 0.136 e. The van der Waals surface area contributed by atoms with E-state index in [0.29, 0.717) is 12.2 Å². The number of allylic oxidation sites excluding steroid dienone is 2. The fourth-order valence-electron chi connectivity index (χ4n) is 1.73. The second kappa shape index (κ2) is 6.88. The van der Waals surface area contributed by atoms with Gasteiger partial charge in [0.15, 0.2) is 0 Å². The molecule has 1 aliphatic rings. The van der Waals surface area contributed by atoms with Crippen LogP contribution in [0.4, 0.5) is 0 Å². The highest BCUT2D eigenvalue weighted by Gasteiger charge is 1.99. The number of carbonyl (C=O) groups is 1. The molecule has 0 bridgehead atoms. The van der Waals surface area contributed by atoms with Crippen molar-refractivity contribution in [1.29, 1.82) is 0 Å². The average molecular weight is 180 g/mol. The number of hydrogen-bond donors (Lipinski definition) is 0. The van der Waals surface area contributed by atoms with Crippen LogP contribution in [-0.2, 0) is 4.79 Å². The normalized spacial score (nSPS) is 24.5. The molecule has 1 rings (SSSR count). The molecule has 0 fully saturated rings. The van der Waals surface area contributed by atoms with Crippen LogP contribution in [0.2, 0.25) is 0 Å². The molecule has 0 aromatic rings. The van der Waals surface area contributed by atoms with Crippen LogP contribution in [0.25, 0.3) is 0 Å².